The van der Waals surface area contributed by atoms with Crippen LogP contribution < -0.4 is 5.73 Å². The molecule has 0 spiro atoms. The van der Waals surface area contributed by atoms with Crippen LogP contribution in [0.5, 0.6) is 0 Å². The summed E-state index contributed by atoms with van der Waals surface area (Å²) in [5, 5.41) is 2.11. The number of carbonyl (C=O) groups excluding carboxylic acids is 1. The number of fused-ring (bicyclic) bond motifs is 1. The fraction of sp³-hybridized carbons (Fsp3) is 0.375. The number of benzene rings is 1. The second kappa shape index (κ2) is 5.56. The lowest BCUT2D eigenvalue weighted by molar-refractivity contribution is -0.141. The van der Waals surface area contributed by atoms with Gasteiger partial charge in [0.2, 0.25) is 0 Å². The Morgan fingerprint density at radius 1 is 1.38 bits per heavy atom. The molecule has 1 aliphatic carbocycles. The van der Waals surface area contributed by atoms with Gasteiger partial charge in [0.05, 0.1) is 13.5 Å². The van der Waals surface area contributed by atoms with Crippen LogP contribution in [0, 0.1) is 5.41 Å². The highest BCUT2D eigenvalue weighted by Crippen LogP contribution is 2.52. The van der Waals surface area contributed by atoms with Gasteiger partial charge in [-0.3, -0.25) is 9.78 Å². The number of hydrogen-bond donors (Lipinski definition) is 1. The highest BCUT2D eigenvalue weighted by Gasteiger charge is 2.44. The lowest BCUT2D eigenvalue weighted by Crippen LogP contribution is -2.13. The number of nitrogens with two attached hydrogens (primary N) is 1. The number of anilines is 1. The molecule has 0 saturated heterocycles. The van der Waals surface area contributed by atoms with Gasteiger partial charge in [-0.15, -0.1) is 11.8 Å². The average molecular weight is 302 g/mol. The van der Waals surface area contributed by atoms with Crippen molar-refractivity contribution in [2.24, 2.45) is 5.41 Å². The molecule has 3 rings (SSSR count). The molecule has 0 aliphatic heterocycles. The van der Waals surface area contributed by atoms with Crippen LogP contribution in [0.1, 0.15) is 19.3 Å². The van der Waals surface area contributed by atoms with Crippen LogP contribution in [0.25, 0.3) is 10.8 Å². The predicted octanol–water partition coefficient (Wildman–Crippen LogP) is 3.25. The highest BCUT2D eigenvalue weighted by molar-refractivity contribution is 7.99. The summed E-state index contributed by atoms with van der Waals surface area (Å²) in [4.78, 5) is 16.8. The molecular weight excluding hydrogens is 284 g/mol. The number of pyridine rings is 1. The SMILES string of the molecule is COC(=O)CC1(CSc2ccc(N)c3ccncc23)CC1. The van der Waals surface area contributed by atoms with Gasteiger partial charge in [-0.1, -0.05) is 0 Å². The summed E-state index contributed by atoms with van der Waals surface area (Å²) in [5.74, 6) is 0.813. The maximum Gasteiger partial charge on any atom is 0.306 e. The van der Waals surface area contributed by atoms with Crippen molar-refractivity contribution in [2.75, 3.05) is 18.6 Å². The van der Waals surface area contributed by atoms with E-state index in [2.05, 4.69) is 4.98 Å². The largest absolute Gasteiger partial charge is 0.469 e. The number of ether oxygens (including phenoxy) is 1. The van der Waals surface area contributed by atoms with Crippen molar-refractivity contribution in [2.45, 2.75) is 24.2 Å². The van der Waals surface area contributed by atoms with Gasteiger partial charge < -0.3 is 10.5 Å². The Morgan fingerprint density at radius 2 is 2.19 bits per heavy atom. The summed E-state index contributed by atoms with van der Waals surface area (Å²) in [6.07, 6.45) is 6.32. The Labute approximate surface area is 128 Å². The summed E-state index contributed by atoms with van der Waals surface area (Å²) in [6.45, 7) is 0. The molecule has 1 aromatic heterocycles. The number of aromatic nitrogens is 1. The molecule has 1 aliphatic rings. The first-order valence-corrected chi connectivity index (χ1v) is 7.94. The smallest absolute Gasteiger partial charge is 0.306 e. The van der Waals surface area contributed by atoms with Crippen molar-refractivity contribution in [1.29, 1.82) is 0 Å². The summed E-state index contributed by atoms with van der Waals surface area (Å²) < 4.78 is 4.79. The number of carbonyl (C=O) groups is 1. The van der Waals surface area contributed by atoms with E-state index in [1.165, 1.54) is 12.0 Å². The third kappa shape index (κ3) is 2.97. The Balaban J connectivity index is 1.77. The van der Waals surface area contributed by atoms with Crippen molar-refractivity contribution < 1.29 is 9.53 Å². The molecule has 21 heavy (non-hydrogen) atoms. The predicted molar refractivity (Wildman–Crippen MR) is 85.2 cm³/mol. The van der Waals surface area contributed by atoms with Gasteiger partial charge in [0.15, 0.2) is 0 Å². The summed E-state index contributed by atoms with van der Waals surface area (Å²) in [5.41, 5.74) is 6.89. The number of esters is 1. The Bertz CT molecular complexity index is 683. The Kier molecular flexibility index (Phi) is 3.76. The van der Waals surface area contributed by atoms with E-state index in [1.807, 2.05) is 24.4 Å². The van der Waals surface area contributed by atoms with Gasteiger partial charge in [-0.05, 0) is 36.5 Å². The van der Waals surface area contributed by atoms with E-state index in [-0.39, 0.29) is 11.4 Å². The Hall–Kier alpha value is -1.75. The van der Waals surface area contributed by atoms with Crippen LogP contribution >= 0.6 is 11.8 Å². The molecule has 0 atom stereocenters. The Morgan fingerprint density at radius 3 is 2.90 bits per heavy atom. The van der Waals surface area contributed by atoms with Crippen LogP contribution in [-0.2, 0) is 9.53 Å². The maximum absolute atomic E-state index is 11.5. The minimum Gasteiger partial charge on any atom is -0.469 e. The lowest BCUT2D eigenvalue weighted by atomic mass is 10.1. The number of nitrogen functional groups attached to an aromatic ring is 1. The van der Waals surface area contributed by atoms with Gasteiger partial charge in [-0.2, -0.15) is 0 Å². The van der Waals surface area contributed by atoms with E-state index in [0.29, 0.717) is 6.42 Å². The van der Waals surface area contributed by atoms with Crippen molar-refractivity contribution >= 4 is 34.2 Å². The van der Waals surface area contributed by atoms with Gasteiger partial charge >= 0.3 is 5.97 Å². The van der Waals surface area contributed by atoms with Gasteiger partial charge in [0, 0.05) is 39.5 Å². The number of nitrogens with zero attached hydrogens (tertiary/aromatic N) is 1. The molecule has 0 radical (unpaired) electrons. The van der Waals surface area contributed by atoms with E-state index in [4.69, 9.17) is 10.5 Å². The maximum atomic E-state index is 11.5. The van der Waals surface area contributed by atoms with E-state index in [0.717, 1.165) is 35.1 Å². The molecule has 1 aromatic carbocycles. The van der Waals surface area contributed by atoms with E-state index in [9.17, 15) is 4.79 Å². The second-order valence-corrected chi connectivity index (χ2v) is 6.63. The van der Waals surface area contributed by atoms with Crippen molar-refractivity contribution in [3.05, 3.63) is 30.6 Å². The molecule has 0 bridgehead atoms. The minimum atomic E-state index is -0.114. The lowest BCUT2D eigenvalue weighted by Gasteiger charge is -2.14. The average Bonchev–Trinajstić information content (AvgIpc) is 3.27. The molecule has 0 unspecified atom stereocenters. The van der Waals surface area contributed by atoms with Crippen LogP contribution in [0.4, 0.5) is 5.69 Å². The number of methoxy groups -OCH3 is 1. The molecular formula is C16H18N2O2S. The minimum absolute atomic E-state index is 0.114. The molecule has 1 saturated carbocycles. The van der Waals surface area contributed by atoms with Crippen LogP contribution in [0.15, 0.2) is 35.5 Å². The van der Waals surface area contributed by atoms with Gasteiger partial charge in [0.1, 0.15) is 0 Å². The topological polar surface area (TPSA) is 65.2 Å². The van der Waals surface area contributed by atoms with Gasteiger partial charge in [-0.25, -0.2) is 0 Å². The first-order valence-electron chi connectivity index (χ1n) is 6.95. The van der Waals surface area contributed by atoms with E-state index < -0.39 is 0 Å². The fourth-order valence-electron chi connectivity index (χ4n) is 2.47. The molecule has 110 valence electrons. The van der Waals surface area contributed by atoms with Crippen molar-refractivity contribution in [3.8, 4) is 0 Å². The molecule has 2 aromatic rings. The first kappa shape index (κ1) is 14.2. The monoisotopic (exact) mass is 302 g/mol. The van der Waals surface area contributed by atoms with Crippen LogP contribution in [0.2, 0.25) is 0 Å². The zero-order chi connectivity index (χ0) is 14.9. The number of hydrogen-bond acceptors (Lipinski definition) is 5. The second-order valence-electron chi connectivity index (χ2n) is 5.62. The van der Waals surface area contributed by atoms with Gasteiger partial charge in [0.25, 0.3) is 0 Å². The molecule has 0 amide bonds. The molecule has 1 heterocycles. The molecule has 5 heteroatoms. The molecule has 1 fully saturated rings. The van der Waals surface area contributed by atoms with E-state index >= 15 is 0 Å². The highest BCUT2D eigenvalue weighted by atomic mass is 32.2. The van der Waals surface area contributed by atoms with Crippen LogP contribution in [-0.4, -0.2) is 23.8 Å². The standard InChI is InChI=1S/C16H18N2O2S/c1-20-15(19)8-16(5-6-16)10-21-14-3-2-13(17)11-4-7-18-9-12(11)14/h2-4,7,9H,5-6,8,10,17H2,1H3. The quantitative estimate of drug-likeness (QED) is 0.522. The number of thioether (sulfide) groups is 1. The molecule has 2 N–H and O–H groups in total. The first-order chi connectivity index (χ1) is 10.1. The zero-order valence-corrected chi connectivity index (χ0v) is 12.8. The summed E-state index contributed by atoms with van der Waals surface area (Å²) in [7, 11) is 1.45. The van der Waals surface area contributed by atoms with Crippen LogP contribution in [0.3, 0.4) is 0 Å². The zero-order valence-electron chi connectivity index (χ0n) is 12.0. The molecule has 4 nitrogen and oxygen atoms in total. The third-order valence-corrected chi connectivity index (χ3v) is 5.47. The summed E-state index contributed by atoms with van der Waals surface area (Å²) >= 11 is 1.78. The normalized spacial score (nSPS) is 15.9. The fourth-order valence-corrected chi connectivity index (χ4v) is 3.81. The van der Waals surface area contributed by atoms with E-state index in [1.54, 1.807) is 18.0 Å². The summed E-state index contributed by atoms with van der Waals surface area (Å²) in [6, 6.07) is 5.92. The van der Waals surface area contributed by atoms with Crippen molar-refractivity contribution in [3.63, 3.8) is 0 Å². The number of rotatable bonds is 5. The third-order valence-electron chi connectivity index (χ3n) is 4.05. The van der Waals surface area contributed by atoms with Crippen molar-refractivity contribution in [1.82, 2.24) is 4.98 Å².